The van der Waals surface area contributed by atoms with E-state index < -0.39 is 0 Å². The van der Waals surface area contributed by atoms with Crippen LogP contribution in [0.1, 0.15) is 48.0 Å². The number of carbonyl (C=O) groups excluding carboxylic acids is 1. The lowest BCUT2D eigenvalue weighted by molar-refractivity contribution is 0.0735. The van der Waals surface area contributed by atoms with E-state index in [2.05, 4.69) is 17.2 Å². The number of hydrogen-bond donors (Lipinski definition) is 1. The summed E-state index contributed by atoms with van der Waals surface area (Å²) in [5, 5.41) is 3.52. The zero-order valence-corrected chi connectivity index (χ0v) is 12.6. The third-order valence-corrected chi connectivity index (χ3v) is 4.49. The van der Waals surface area contributed by atoms with E-state index >= 15 is 0 Å². The van der Waals surface area contributed by atoms with Gasteiger partial charge in [-0.25, -0.2) is 4.98 Å². The van der Waals surface area contributed by atoms with E-state index in [4.69, 9.17) is 0 Å². The van der Waals surface area contributed by atoms with Crippen molar-refractivity contribution in [2.45, 2.75) is 45.6 Å². The van der Waals surface area contributed by atoms with Crippen molar-refractivity contribution in [1.29, 1.82) is 0 Å². The van der Waals surface area contributed by atoms with E-state index in [1.54, 1.807) is 5.51 Å². The molecule has 0 bridgehead atoms. The quantitative estimate of drug-likeness (QED) is 0.901. The Hall–Kier alpha value is -0.940. The second-order valence-electron chi connectivity index (χ2n) is 5.16. The van der Waals surface area contributed by atoms with Crippen LogP contribution in [-0.4, -0.2) is 41.5 Å². The van der Waals surface area contributed by atoms with Gasteiger partial charge in [0.05, 0.1) is 11.2 Å². The van der Waals surface area contributed by atoms with Crippen LogP contribution < -0.4 is 5.32 Å². The third kappa shape index (κ3) is 3.76. The first-order valence-corrected chi connectivity index (χ1v) is 8.03. The molecule has 2 rings (SSSR count). The lowest BCUT2D eigenvalue weighted by Crippen LogP contribution is -2.46. The van der Waals surface area contributed by atoms with Gasteiger partial charge in [-0.05, 0) is 32.7 Å². The van der Waals surface area contributed by atoms with Crippen LogP contribution in [0, 0.1) is 6.92 Å². The maximum absolute atomic E-state index is 12.6. The van der Waals surface area contributed by atoms with Crippen LogP contribution in [-0.2, 0) is 0 Å². The van der Waals surface area contributed by atoms with Crippen LogP contribution in [0.2, 0.25) is 0 Å². The number of aromatic nitrogens is 1. The molecule has 19 heavy (non-hydrogen) atoms. The monoisotopic (exact) mass is 281 g/mol. The number of aryl methyl sites for hydroxylation is 1. The van der Waals surface area contributed by atoms with E-state index in [-0.39, 0.29) is 5.91 Å². The van der Waals surface area contributed by atoms with Gasteiger partial charge in [-0.1, -0.05) is 13.3 Å². The largest absolute Gasteiger partial charge is 0.336 e. The average Bonchev–Trinajstić information content (AvgIpc) is 2.85. The second kappa shape index (κ2) is 7.01. The van der Waals surface area contributed by atoms with Gasteiger partial charge in [0.15, 0.2) is 0 Å². The standard InChI is InChI=1S/C14H23N3OS/c1-3-8-17(9-12-6-4-5-7-15-12)14(18)13-11(2)16-10-19-13/h10,12,15H,3-9H2,1-2H3. The highest BCUT2D eigenvalue weighted by Crippen LogP contribution is 2.17. The SMILES string of the molecule is CCCN(CC1CCCCN1)C(=O)c1scnc1C. The molecule has 0 radical (unpaired) electrons. The molecule has 4 nitrogen and oxygen atoms in total. The average molecular weight is 281 g/mol. The summed E-state index contributed by atoms with van der Waals surface area (Å²) in [6, 6.07) is 0.456. The van der Waals surface area contributed by atoms with Gasteiger partial charge in [0.2, 0.25) is 0 Å². The Balaban J connectivity index is 2.02. The van der Waals surface area contributed by atoms with Crippen molar-refractivity contribution in [1.82, 2.24) is 15.2 Å². The summed E-state index contributed by atoms with van der Waals surface area (Å²) in [6.45, 7) is 6.76. The second-order valence-corrected chi connectivity index (χ2v) is 6.02. The Morgan fingerprint density at radius 2 is 2.42 bits per heavy atom. The van der Waals surface area contributed by atoms with E-state index in [0.29, 0.717) is 6.04 Å². The van der Waals surface area contributed by atoms with Crippen molar-refractivity contribution in [3.8, 4) is 0 Å². The zero-order chi connectivity index (χ0) is 13.7. The number of thiazole rings is 1. The van der Waals surface area contributed by atoms with Crippen LogP contribution in [0.15, 0.2) is 5.51 Å². The van der Waals surface area contributed by atoms with Crippen molar-refractivity contribution < 1.29 is 4.79 Å². The molecule has 0 saturated carbocycles. The zero-order valence-electron chi connectivity index (χ0n) is 11.8. The minimum Gasteiger partial charge on any atom is -0.336 e. The van der Waals surface area contributed by atoms with Gasteiger partial charge in [-0.3, -0.25) is 4.79 Å². The Kier molecular flexibility index (Phi) is 5.34. The first-order chi connectivity index (χ1) is 9.22. The van der Waals surface area contributed by atoms with Gasteiger partial charge in [-0.15, -0.1) is 11.3 Å². The van der Waals surface area contributed by atoms with E-state index in [1.165, 1.54) is 30.6 Å². The van der Waals surface area contributed by atoms with Gasteiger partial charge in [0.1, 0.15) is 4.88 Å². The molecule has 0 spiro atoms. The van der Waals surface area contributed by atoms with Crippen LogP contribution in [0.5, 0.6) is 0 Å². The van der Waals surface area contributed by atoms with E-state index in [9.17, 15) is 4.79 Å². The molecule has 0 aliphatic carbocycles. The molecule has 1 aliphatic rings. The summed E-state index contributed by atoms with van der Waals surface area (Å²) >= 11 is 1.45. The highest BCUT2D eigenvalue weighted by molar-refractivity contribution is 7.11. The summed E-state index contributed by atoms with van der Waals surface area (Å²) in [5.41, 5.74) is 2.61. The number of nitrogens with one attached hydrogen (secondary N) is 1. The summed E-state index contributed by atoms with van der Waals surface area (Å²) in [7, 11) is 0. The molecule has 1 aliphatic heterocycles. The molecular formula is C14H23N3OS. The lowest BCUT2D eigenvalue weighted by Gasteiger charge is -2.30. The summed E-state index contributed by atoms with van der Waals surface area (Å²) in [6.07, 6.45) is 4.70. The van der Waals surface area contributed by atoms with Gasteiger partial charge >= 0.3 is 0 Å². The summed E-state index contributed by atoms with van der Waals surface area (Å²) in [5.74, 6) is 0.147. The van der Waals surface area contributed by atoms with Crippen molar-refractivity contribution in [3.63, 3.8) is 0 Å². The van der Waals surface area contributed by atoms with Crippen molar-refractivity contribution in [2.24, 2.45) is 0 Å². The predicted octanol–water partition coefficient (Wildman–Crippen LogP) is 2.45. The Bertz CT molecular complexity index is 413. The highest BCUT2D eigenvalue weighted by atomic mass is 32.1. The third-order valence-electron chi connectivity index (χ3n) is 3.57. The molecule has 1 amide bonds. The highest BCUT2D eigenvalue weighted by Gasteiger charge is 2.23. The molecule has 1 N–H and O–H groups in total. The van der Waals surface area contributed by atoms with Gasteiger partial charge in [-0.2, -0.15) is 0 Å². The minimum absolute atomic E-state index is 0.147. The van der Waals surface area contributed by atoms with E-state index in [0.717, 1.165) is 36.6 Å². The van der Waals surface area contributed by atoms with Crippen LogP contribution in [0.25, 0.3) is 0 Å². The molecule has 1 fully saturated rings. The maximum atomic E-state index is 12.6. The predicted molar refractivity (Wildman–Crippen MR) is 78.7 cm³/mol. The van der Waals surface area contributed by atoms with Gasteiger partial charge < -0.3 is 10.2 Å². The normalized spacial score (nSPS) is 19.4. The Labute approximate surface area is 119 Å². The van der Waals surface area contributed by atoms with Crippen LogP contribution in [0.3, 0.4) is 0 Å². The van der Waals surface area contributed by atoms with Crippen LogP contribution >= 0.6 is 11.3 Å². The molecular weight excluding hydrogens is 258 g/mol. The molecule has 1 aromatic heterocycles. The first kappa shape index (κ1) is 14.5. The van der Waals surface area contributed by atoms with Gasteiger partial charge in [0, 0.05) is 19.1 Å². The Morgan fingerprint density at radius 1 is 1.58 bits per heavy atom. The van der Waals surface area contributed by atoms with Crippen molar-refractivity contribution in [3.05, 3.63) is 16.1 Å². The fourth-order valence-corrected chi connectivity index (χ4v) is 3.31. The number of nitrogens with zero attached hydrogens (tertiary/aromatic N) is 2. The van der Waals surface area contributed by atoms with E-state index in [1.807, 2.05) is 11.8 Å². The van der Waals surface area contributed by atoms with Gasteiger partial charge in [0.25, 0.3) is 5.91 Å². The molecule has 0 aromatic carbocycles. The molecule has 2 heterocycles. The molecule has 1 atom stereocenters. The smallest absolute Gasteiger partial charge is 0.265 e. The molecule has 1 saturated heterocycles. The maximum Gasteiger partial charge on any atom is 0.265 e. The lowest BCUT2D eigenvalue weighted by atomic mass is 10.0. The number of hydrogen-bond acceptors (Lipinski definition) is 4. The first-order valence-electron chi connectivity index (χ1n) is 7.15. The van der Waals surface area contributed by atoms with Crippen molar-refractivity contribution in [2.75, 3.05) is 19.6 Å². The number of amides is 1. The summed E-state index contributed by atoms with van der Waals surface area (Å²) in [4.78, 5) is 19.5. The number of piperidine rings is 1. The summed E-state index contributed by atoms with van der Waals surface area (Å²) < 4.78 is 0. The van der Waals surface area contributed by atoms with Crippen LogP contribution in [0.4, 0.5) is 0 Å². The fraction of sp³-hybridized carbons (Fsp3) is 0.714. The number of carbonyl (C=O) groups is 1. The fourth-order valence-electron chi connectivity index (χ4n) is 2.54. The molecule has 106 valence electrons. The number of rotatable bonds is 5. The Morgan fingerprint density at radius 3 is 3.00 bits per heavy atom. The molecule has 5 heteroatoms. The van der Waals surface area contributed by atoms with Crippen molar-refractivity contribution >= 4 is 17.2 Å². The topological polar surface area (TPSA) is 45.2 Å². The minimum atomic E-state index is 0.147. The molecule has 1 unspecified atom stereocenters. The molecule has 1 aromatic rings.